The van der Waals surface area contributed by atoms with Gasteiger partial charge in [0, 0.05) is 11.0 Å². The van der Waals surface area contributed by atoms with Gasteiger partial charge in [-0.15, -0.1) is 11.8 Å². The number of allylic oxidation sites excluding steroid dienone is 1. The summed E-state index contributed by atoms with van der Waals surface area (Å²) < 4.78 is 7.05. The van der Waals surface area contributed by atoms with Crippen molar-refractivity contribution in [3.63, 3.8) is 0 Å². The largest absolute Gasteiger partial charge is 0.458 e. The van der Waals surface area contributed by atoms with E-state index in [-0.39, 0.29) is 22.4 Å². The Hall–Kier alpha value is -3.76. The Kier molecular flexibility index (Phi) is 7.13. The number of nitro benzene ring substituents is 1. The zero-order chi connectivity index (χ0) is 25.1. The van der Waals surface area contributed by atoms with Crippen molar-refractivity contribution in [1.82, 2.24) is 4.57 Å². The maximum absolute atomic E-state index is 13.6. The Bertz CT molecular complexity index is 1530. The first kappa shape index (κ1) is 24.4. The van der Waals surface area contributed by atoms with Gasteiger partial charge in [-0.3, -0.25) is 19.5 Å². The van der Waals surface area contributed by atoms with Gasteiger partial charge in [-0.2, -0.15) is 0 Å². The fourth-order valence-electron chi connectivity index (χ4n) is 3.81. The highest BCUT2D eigenvalue weighted by Crippen LogP contribution is 2.31. The van der Waals surface area contributed by atoms with Gasteiger partial charge >= 0.3 is 5.97 Å². The van der Waals surface area contributed by atoms with Crippen LogP contribution in [0.25, 0.3) is 6.08 Å². The first-order valence-electron chi connectivity index (χ1n) is 10.5. The van der Waals surface area contributed by atoms with Crippen molar-refractivity contribution < 1.29 is 14.5 Å². The third-order valence-corrected chi connectivity index (χ3v) is 7.15. The quantitative estimate of drug-likeness (QED) is 0.159. The number of esters is 1. The summed E-state index contributed by atoms with van der Waals surface area (Å²) in [7, 11) is 0. The van der Waals surface area contributed by atoms with Crippen molar-refractivity contribution in [2.75, 3.05) is 12.9 Å². The van der Waals surface area contributed by atoms with Gasteiger partial charge in [0.05, 0.1) is 32.3 Å². The lowest BCUT2D eigenvalue weighted by Crippen LogP contribution is -2.39. The molecule has 0 fully saturated rings. The lowest BCUT2D eigenvalue weighted by molar-refractivity contribution is -0.385. The molecule has 1 aliphatic rings. The van der Waals surface area contributed by atoms with Crippen molar-refractivity contribution in [3.05, 3.63) is 113 Å². The first-order chi connectivity index (χ1) is 16.8. The molecule has 35 heavy (non-hydrogen) atoms. The molecule has 1 atom stereocenters. The fraction of sp³-hybridized carbons (Fsp3) is 0.160. The predicted molar refractivity (Wildman–Crippen MR) is 136 cm³/mol. The topological polar surface area (TPSA) is 104 Å². The van der Waals surface area contributed by atoms with E-state index in [0.717, 1.165) is 21.8 Å². The molecule has 2 heterocycles. The SMILES string of the molecule is C=CCOC(=O)C1=C(C)N=c2sc(=Cc3ccccc3[N+](=O)[O-])c(=O)n2C1c1ccc(SC)cc1. The second-order valence-corrected chi connectivity index (χ2v) is 9.45. The summed E-state index contributed by atoms with van der Waals surface area (Å²) in [4.78, 5) is 43.6. The maximum Gasteiger partial charge on any atom is 0.338 e. The zero-order valence-corrected chi connectivity index (χ0v) is 20.6. The minimum absolute atomic E-state index is 0.0237. The molecule has 3 aromatic rings. The molecule has 1 aromatic heterocycles. The van der Waals surface area contributed by atoms with E-state index in [4.69, 9.17) is 4.74 Å². The highest BCUT2D eigenvalue weighted by molar-refractivity contribution is 7.98. The van der Waals surface area contributed by atoms with Crippen molar-refractivity contribution >= 4 is 40.8 Å². The molecule has 2 aromatic carbocycles. The number of rotatable bonds is 7. The van der Waals surface area contributed by atoms with Crippen LogP contribution in [0, 0.1) is 10.1 Å². The number of carbonyl (C=O) groups excluding carboxylic acids is 1. The van der Waals surface area contributed by atoms with Gasteiger partial charge in [0.2, 0.25) is 0 Å². The van der Waals surface area contributed by atoms with Crippen molar-refractivity contribution in [3.8, 4) is 0 Å². The number of ether oxygens (including phenoxy) is 1. The highest BCUT2D eigenvalue weighted by Gasteiger charge is 2.33. The molecule has 8 nitrogen and oxygen atoms in total. The molecule has 178 valence electrons. The third-order valence-electron chi connectivity index (χ3n) is 5.43. The predicted octanol–water partition coefficient (Wildman–Crippen LogP) is 3.59. The van der Waals surface area contributed by atoms with Crippen molar-refractivity contribution in [2.45, 2.75) is 17.9 Å². The molecule has 0 aliphatic carbocycles. The number of thiazole rings is 1. The second-order valence-electron chi connectivity index (χ2n) is 7.56. The Labute approximate surface area is 208 Å². The number of thioether (sulfide) groups is 1. The average molecular weight is 508 g/mol. The minimum Gasteiger partial charge on any atom is -0.458 e. The van der Waals surface area contributed by atoms with Gasteiger partial charge in [-0.1, -0.05) is 48.3 Å². The molecule has 10 heteroatoms. The van der Waals surface area contributed by atoms with E-state index in [9.17, 15) is 19.7 Å². The summed E-state index contributed by atoms with van der Waals surface area (Å²) in [5.41, 5.74) is 1.23. The van der Waals surface area contributed by atoms with E-state index >= 15 is 0 Å². The Morgan fingerprint density at radius 2 is 2.00 bits per heavy atom. The van der Waals surface area contributed by atoms with Gasteiger partial charge in [0.15, 0.2) is 4.80 Å². The van der Waals surface area contributed by atoms with Gasteiger partial charge in [-0.05, 0) is 43.0 Å². The maximum atomic E-state index is 13.6. The Morgan fingerprint density at radius 3 is 2.66 bits per heavy atom. The number of nitrogens with zero attached hydrogens (tertiary/aromatic N) is 3. The van der Waals surface area contributed by atoms with E-state index in [1.54, 1.807) is 36.9 Å². The smallest absolute Gasteiger partial charge is 0.338 e. The molecular formula is C25H21N3O5S2. The van der Waals surface area contributed by atoms with Crippen LogP contribution < -0.4 is 14.9 Å². The van der Waals surface area contributed by atoms with Crippen LogP contribution in [0.1, 0.15) is 24.1 Å². The number of fused-ring (bicyclic) bond motifs is 1. The molecule has 0 saturated heterocycles. The number of hydrogen-bond acceptors (Lipinski definition) is 8. The lowest BCUT2D eigenvalue weighted by atomic mass is 9.96. The molecule has 0 spiro atoms. The molecular weight excluding hydrogens is 486 g/mol. The van der Waals surface area contributed by atoms with E-state index in [1.165, 1.54) is 22.8 Å². The van der Waals surface area contributed by atoms with Gasteiger partial charge in [-0.25, -0.2) is 9.79 Å². The average Bonchev–Trinajstić information content (AvgIpc) is 3.16. The monoisotopic (exact) mass is 507 g/mol. The molecule has 4 rings (SSSR count). The van der Waals surface area contributed by atoms with Crippen LogP contribution in [0.3, 0.4) is 0 Å². The number of benzene rings is 2. The number of aromatic nitrogens is 1. The zero-order valence-electron chi connectivity index (χ0n) is 19.0. The van der Waals surface area contributed by atoms with Gasteiger partial charge < -0.3 is 4.74 Å². The molecule has 0 radical (unpaired) electrons. The summed E-state index contributed by atoms with van der Waals surface area (Å²) in [6.45, 7) is 5.31. The Balaban J connectivity index is 1.95. The highest BCUT2D eigenvalue weighted by atomic mass is 32.2. The summed E-state index contributed by atoms with van der Waals surface area (Å²) >= 11 is 2.70. The van der Waals surface area contributed by atoms with Crippen LogP contribution in [-0.4, -0.2) is 28.3 Å². The van der Waals surface area contributed by atoms with Crippen LogP contribution >= 0.6 is 23.1 Å². The number of hydrogen-bond donors (Lipinski definition) is 0. The summed E-state index contributed by atoms with van der Waals surface area (Å²) in [5, 5.41) is 11.4. The van der Waals surface area contributed by atoms with Crippen LogP contribution in [0.2, 0.25) is 0 Å². The van der Waals surface area contributed by atoms with Gasteiger partial charge in [0.25, 0.3) is 11.2 Å². The summed E-state index contributed by atoms with van der Waals surface area (Å²) in [5.74, 6) is -0.585. The van der Waals surface area contributed by atoms with Crippen LogP contribution in [0.15, 0.2) is 87.1 Å². The van der Waals surface area contributed by atoms with E-state index < -0.39 is 22.5 Å². The molecule has 0 saturated carbocycles. The van der Waals surface area contributed by atoms with E-state index in [1.807, 2.05) is 30.5 Å². The van der Waals surface area contributed by atoms with E-state index in [0.29, 0.717) is 16.1 Å². The lowest BCUT2D eigenvalue weighted by Gasteiger charge is -2.24. The molecule has 0 N–H and O–H groups in total. The second kappa shape index (κ2) is 10.2. The number of nitro groups is 1. The van der Waals surface area contributed by atoms with Crippen molar-refractivity contribution in [1.29, 1.82) is 0 Å². The minimum atomic E-state index is -0.757. The van der Waals surface area contributed by atoms with Crippen molar-refractivity contribution in [2.24, 2.45) is 4.99 Å². The molecule has 0 amide bonds. The van der Waals surface area contributed by atoms with Crippen LogP contribution in [-0.2, 0) is 9.53 Å². The fourth-order valence-corrected chi connectivity index (χ4v) is 5.26. The molecule has 1 aliphatic heterocycles. The van der Waals surface area contributed by atoms with Crippen LogP contribution in [0.5, 0.6) is 0 Å². The standard InChI is InChI=1S/C25H21N3O5S2/c1-4-13-33-24(30)21-15(2)26-25-27(22(21)16-9-11-18(34-3)12-10-16)23(29)20(35-25)14-17-7-5-6-8-19(17)28(31)32/h4-12,14,22H,1,13H2,2-3H3. The number of para-hydroxylation sites is 1. The molecule has 1 unspecified atom stereocenters. The van der Waals surface area contributed by atoms with E-state index in [2.05, 4.69) is 11.6 Å². The first-order valence-corrected chi connectivity index (χ1v) is 12.6. The summed E-state index contributed by atoms with van der Waals surface area (Å²) in [6.07, 6.45) is 4.92. The third kappa shape index (κ3) is 4.75. The van der Waals surface area contributed by atoms with Crippen LogP contribution in [0.4, 0.5) is 5.69 Å². The molecule has 0 bridgehead atoms. The number of carbonyl (C=O) groups is 1. The summed E-state index contributed by atoms with van der Waals surface area (Å²) in [6, 6.07) is 13.0. The Morgan fingerprint density at radius 1 is 1.29 bits per heavy atom. The normalized spacial score (nSPS) is 15.4. The van der Waals surface area contributed by atoms with Gasteiger partial charge in [0.1, 0.15) is 6.61 Å².